The minimum atomic E-state index is -3.91. The highest BCUT2D eigenvalue weighted by molar-refractivity contribution is 8.00. The first-order valence-corrected chi connectivity index (χ1v) is 17.2. The highest BCUT2D eigenvalue weighted by atomic mass is 32.2. The summed E-state index contributed by atoms with van der Waals surface area (Å²) in [5.74, 6) is -3.43. The van der Waals surface area contributed by atoms with Gasteiger partial charge in [-0.3, -0.25) is 23.7 Å². The van der Waals surface area contributed by atoms with Gasteiger partial charge in [0.15, 0.2) is 0 Å². The van der Waals surface area contributed by atoms with E-state index in [1.807, 2.05) is 30.3 Å². The molecular weight excluding hydrogens is 653 g/mol. The molecule has 0 aliphatic carbocycles. The second-order valence-electron chi connectivity index (χ2n) is 10.5. The molecular formula is C31H26N4O8S3. The van der Waals surface area contributed by atoms with Crippen molar-refractivity contribution in [3.63, 3.8) is 0 Å². The van der Waals surface area contributed by atoms with Crippen LogP contribution in [0, 0.1) is 5.92 Å². The van der Waals surface area contributed by atoms with E-state index in [-0.39, 0.29) is 23.6 Å². The summed E-state index contributed by atoms with van der Waals surface area (Å²) in [6, 6.07) is 20.4. The third-order valence-corrected chi connectivity index (χ3v) is 11.1. The van der Waals surface area contributed by atoms with E-state index < -0.39 is 55.7 Å². The lowest BCUT2D eigenvalue weighted by molar-refractivity contribution is -0.122. The number of thiazole rings is 1. The van der Waals surface area contributed by atoms with Crippen LogP contribution in [-0.2, 0) is 35.7 Å². The smallest absolute Gasteiger partial charge is 0.338 e. The van der Waals surface area contributed by atoms with Crippen LogP contribution in [0.1, 0.15) is 33.6 Å². The Hall–Kier alpha value is -4.57. The van der Waals surface area contributed by atoms with Crippen LogP contribution in [0.4, 0.5) is 11.4 Å². The lowest BCUT2D eigenvalue weighted by atomic mass is 9.83. The molecule has 2 aliphatic heterocycles. The fraction of sp³-hybridized carbons (Fsp3) is 0.194. The highest BCUT2D eigenvalue weighted by Crippen LogP contribution is 2.53. The lowest BCUT2D eigenvalue weighted by Gasteiger charge is -2.30. The van der Waals surface area contributed by atoms with E-state index in [0.717, 1.165) is 33.6 Å². The third kappa shape index (κ3) is 5.77. The van der Waals surface area contributed by atoms with Gasteiger partial charge >= 0.3 is 10.8 Å². The highest BCUT2D eigenvalue weighted by Gasteiger charge is 2.56. The number of primary sulfonamides is 1. The van der Waals surface area contributed by atoms with Crippen LogP contribution in [0.3, 0.4) is 0 Å². The molecule has 1 fully saturated rings. The van der Waals surface area contributed by atoms with Gasteiger partial charge < -0.3 is 10.1 Å². The molecule has 0 saturated carbocycles. The molecule has 4 aromatic rings. The fourth-order valence-corrected chi connectivity index (χ4v) is 8.85. The van der Waals surface area contributed by atoms with Crippen molar-refractivity contribution in [1.29, 1.82) is 0 Å². The quantitative estimate of drug-likeness (QED) is 0.210. The zero-order valence-corrected chi connectivity index (χ0v) is 26.6. The second-order valence-corrected chi connectivity index (χ2v) is 14.2. The Labute approximate surface area is 271 Å². The number of benzene rings is 3. The number of nitrogens with two attached hydrogens (primary N) is 1. The van der Waals surface area contributed by atoms with E-state index in [4.69, 9.17) is 9.88 Å². The Kier molecular flexibility index (Phi) is 8.41. The molecule has 236 valence electrons. The van der Waals surface area contributed by atoms with Gasteiger partial charge in [0, 0.05) is 16.5 Å². The SMILES string of the molecule is CCOC(=O)c1ccc(N2C(=O)C3Sc4c(sc(=O)n4CC(=O)Nc4ccc(S(N)(=O)=O)cc4)[C@@H](c4ccccc4)C3C2=O)cc1. The molecule has 2 unspecified atom stereocenters. The molecule has 2 aliphatic rings. The lowest BCUT2D eigenvalue weighted by Crippen LogP contribution is -2.33. The van der Waals surface area contributed by atoms with Crippen molar-refractivity contribution in [2.24, 2.45) is 11.1 Å². The molecule has 15 heteroatoms. The first-order chi connectivity index (χ1) is 22.0. The molecule has 3 N–H and O–H groups in total. The Morgan fingerprint density at radius 3 is 2.24 bits per heavy atom. The number of esters is 1. The minimum Gasteiger partial charge on any atom is -0.462 e. The molecule has 46 heavy (non-hydrogen) atoms. The predicted octanol–water partition coefficient (Wildman–Crippen LogP) is 3.17. The zero-order chi connectivity index (χ0) is 32.7. The van der Waals surface area contributed by atoms with Gasteiger partial charge in [-0.15, -0.1) is 0 Å². The van der Waals surface area contributed by atoms with Gasteiger partial charge in [-0.2, -0.15) is 0 Å². The number of rotatable bonds is 8. The summed E-state index contributed by atoms with van der Waals surface area (Å²) in [4.78, 5) is 67.6. The molecule has 3 atom stereocenters. The van der Waals surface area contributed by atoms with Crippen LogP contribution in [-0.4, -0.2) is 48.5 Å². The van der Waals surface area contributed by atoms with Crippen LogP contribution in [0.15, 0.2) is 93.6 Å². The Bertz CT molecular complexity index is 2020. The number of hydrogen-bond acceptors (Lipinski definition) is 10. The summed E-state index contributed by atoms with van der Waals surface area (Å²) < 4.78 is 29.4. The van der Waals surface area contributed by atoms with Crippen molar-refractivity contribution in [3.8, 4) is 0 Å². The van der Waals surface area contributed by atoms with Crippen molar-refractivity contribution >= 4 is 68.2 Å². The summed E-state index contributed by atoms with van der Waals surface area (Å²) in [6.07, 6.45) is 0. The Morgan fingerprint density at radius 2 is 1.61 bits per heavy atom. The van der Waals surface area contributed by atoms with Crippen molar-refractivity contribution in [1.82, 2.24) is 4.57 Å². The number of carbonyl (C=O) groups is 4. The van der Waals surface area contributed by atoms with Gasteiger partial charge in [-0.05, 0) is 61.0 Å². The summed E-state index contributed by atoms with van der Waals surface area (Å²) in [5, 5.41) is 7.32. The average molecular weight is 679 g/mol. The molecule has 3 aromatic carbocycles. The summed E-state index contributed by atoms with van der Waals surface area (Å²) in [7, 11) is -3.91. The van der Waals surface area contributed by atoms with Gasteiger partial charge in [0.05, 0.1) is 33.7 Å². The van der Waals surface area contributed by atoms with E-state index in [0.29, 0.717) is 21.3 Å². The topological polar surface area (TPSA) is 175 Å². The monoisotopic (exact) mass is 678 g/mol. The largest absolute Gasteiger partial charge is 0.462 e. The zero-order valence-electron chi connectivity index (χ0n) is 24.1. The number of anilines is 2. The molecule has 0 spiro atoms. The molecule has 3 heterocycles. The van der Waals surface area contributed by atoms with Gasteiger partial charge in [-0.1, -0.05) is 53.4 Å². The molecule has 0 radical (unpaired) electrons. The number of imide groups is 1. The number of fused-ring (bicyclic) bond motifs is 2. The maximum absolute atomic E-state index is 14.0. The third-order valence-electron chi connectivity index (χ3n) is 7.61. The number of ether oxygens (including phenoxy) is 1. The van der Waals surface area contributed by atoms with E-state index in [9.17, 15) is 32.4 Å². The van der Waals surface area contributed by atoms with E-state index >= 15 is 0 Å². The van der Waals surface area contributed by atoms with E-state index in [1.54, 1.807) is 6.92 Å². The van der Waals surface area contributed by atoms with Crippen molar-refractivity contribution in [2.45, 2.75) is 34.6 Å². The van der Waals surface area contributed by atoms with Crippen LogP contribution in [0.5, 0.6) is 0 Å². The summed E-state index contributed by atoms with van der Waals surface area (Å²) in [6.45, 7) is 1.52. The molecule has 0 bridgehead atoms. The Balaban J connectivity index is 1.32. The number of amides is 3. The number of thioether (sulfide) groups is 1. The molecule has 1 aromatic heterocycles. The molecule has 6 rings (SSSR count). The maximum Gasteiger partial charge on any atom is 0.338 e. The first kappa shape index (κ1) is 31.4. The number of nitrogens with one attached hydrogen (secondary N) is 1. The van der Waals surface area contributed by atoms with Crippen molar-refractivity contribution in [2.75, 3.05) is 16.8 Å². The van der Waals surface area contributed by atoms with Gasteiger partial charge in [0.2, 0.25) is 27.7 Å². The predicted molar refractivity (Wildman–Crippen MR) is 171 cm³/mol. The first-order valence-electron chi connectivity index (χ1n) is 14.0. The van der Waals surface area contributed by atoms with Crippen LogP contribution < -0.4 is 20.2 Å². The van der Waals surface area contributed by atoms with Crippen LogP contribution >= 0.6 is 23.1 Å². The van der Waals surface area contributed by atoms with Crippen molar-refractivity contribution < 1.29 is 32.3 Å². The molecule has 1 saturated heterocycles. The van der Waals surface area contributed by atoms with Crippen LogP contribution in [0.25, 0.3) is 0 Å². The van der Waals surface area contributed by atoms with Gasteiger partial charge in [0.1, 0.15) is 11.8 Å². The van der Waals surface area contributed by atoms with Crippen molar-refractivity contribution in [3.05, 3.63) is 105 Å². The average Bonchev–Trinajstić information content (AvgIpc) is 3.47. The summed E-state index contributed by atoms with van der Waals surface area (Å²) in [5.41, 5.74) is 1.63. The number of aromatic nitrogens is 1. The molecule has 3 amide bonds. The van der Waals surface area contributed by atoms with E-state index in [1.165, 1.54) is 53.1 Å². The fourth-order valence-electron chi connectivity index (χ4n) is 5.56. The summed E-state index contributed by atoms with van der Waals surface area (Å²) >= 11 is 2.00. The number of sulfonamides is 1. The standard InChI is InChI=1S/C31H26N4O8S3/c1-2-43-30(39)18-8-12-20(13-9-18)35-27(37)24-23(17-6-4-3-5-7-17)26-29(44-25(24)28(35)38)34(31(40)45-26)16-22(36)33-19-10-14-21(15-11-19)46(32,41)42/h3-15,23-25H,2,16H2,1H3,(H,33,36)(H2,32,41,42)/t23-,24?,25?/m0/s1. The normalized spacial score (nSPS) is 19.0. The Morgan fingerprint density at radius 1 is 0.935 bits per heavy atom. The second kappa shape index (κ2) is 12.3. The molecule has 12 nitrogen and oxygen atoms in total. The number of carbonyl (C=O) groups excluding carboxylic acids is 4. The van der Waals surface area contributed by atoms with Gasteiger partial charge in [0.25, 0.3) is 0 Å². The minimum absolute atomic E-state index is 0.119. The van der Waals surface area contributed by atoms with Gasteiger partial charge in [-0.25, -0.2) is 23.3 Å². The maximum atomic E-state index is 14.0. The van der Waals surface area contributed by atoms with Crippen LogP contribution in [0.2, 0.25) is 0 Å². The number of hydrogen-bond donors (Lipinski definition) is 2. The van der Waals surface area contributed by atoms with E-state index in [2.05, 4.69) is 5.32 Å². The number of nitrogens with zero attached hydrogens (tertiary/aromatic N) is 2.